The highest BCUT2D eigenvalue weighted by molar-refractivity contribution is 7.99. The number of nitrogens with one attached hydrogen (secondary N) is 1. The number of hydrogen-bond acceptors (Lipinski definition) is 7. The molecule has 2 aromatic heterocycles. The molecule has 1 N–H and O–H groups in total. The molecule has 0 aliphatic carbocycles. The van der Waals surface area contributed by atoms with Crippen LogP contribution < -0.4 is 5.32 Å². The zero-order valence-electron chi connectivity index (χ0n) is 8.25. The van der Waals surface area contributed by atoms with E-state index in [4.69, 9.17) is 0 Å². The van der Waals surface area contributed by atoms with Crippen LogP contribution in [0.3, 0.4) is 0 Å². The quantitative estimate of drug-likeness (QED) is 0.744. The molecule has 0 amide bonds. The number of anilines is 1. The molecule has 0 unspecified atom stereocenters. The monoisotopic (exact) mass is 223 g/mol. The fourth-order valence-corrected chi connectivity index (χ4v) is 1.61. The summed E-state index contributed by atoms with van der Waals surface area (Å²) in [4.78, 5) is 8.25. The van der Waals surface area contributed by atoms with Crippen molar-refractivity contribution in [3.05, 3.63) is 12.3 Å². The maximum absolute atomic E-state index is 4.24. The van der Waals surface area contributed by atoms with E-state index >= 15 is 0 Å². The molecule has 2 rings (SSSR count). The highest BCUT2D eigenvalue weighted by Crippen LogP contribution is 2.22. The van der Waals surface area contributed by atoms with Crippen LogP contribution in [-0.2, 0) is 7.05 Å². The Bertz CT molecular complexity index is 454. The molecule has 8 heteroatoms. The summed E-state index contributed by atoms with van der Waals surface area (Å²) in [6.45, 7) is 0. The topological polar surface area (TPSA) is 81.4 Å². The lowest BCUT2D eigenvalue weighted by molar-refractivity contribution is 0.664. The van der Waals surface area contributed by atoms with Crippen LogP contribution >= 0.6 is 11.8 Å². The molecule has 15 heavy (non-hydrogen) atoms. The summed E-state index contributed by atoms with van der Waals surface area (Å²) in [5.41, 5.74) is 0. The van der Waals surface area contributed by atoms with Crippen molar-refractivity contribution in [2.24, 2.45) is 7.05 Å². The van der Waals surface area contributed by atoms with Crippen molar-refractivity contribution < 1.29 is 0 Å². The van der Waals surface area contributed by atoms with Crippen molar-refractivity contribution in [3.63, 3.8) is 0 Å². The van der Waals surface area contributed by atoms with Crippen LogP contribution in [0, 0.1) is 0 Å². The van der Waals surface area contributed by atoms with Gasteiger partial charge in [0, 0.05) is 20.3 Å². The lowest BCUT2D eigenvalue weighted by Crippen LogP contribution is -1.97. The third-order valence-electron chi connectivity index (χ3n) is 1.63. The summed E-state index contributed by atoms with van der Waals surface area (Å²) >= 11 is 1.39. The molecule has 0 aromatic carbocycles. The molecule has 0 radical (unpaired) electrons. The minimum Gasteiger partial charge on any atom is -0.357 e. The average molecular weight is 223 g/mol. The second-order valence-electron chi connectivity index (χ2n) is 2.66. The molecular formula is C7H9N7S. The maximum Gasteiger partial charge on any atom is 0.223 e. The molecule has 78 valence electrons. The van der Waals surface area contributed by atoms with E-state index in [1.165, 1.54) is 11.8 Å². The van der Waals surface area contributed by atoms with Gasteiger partial charge in [0.25, 0.3) is 0 Å². The van der Waals surface area contributed by atoms with E-state index < -0.39 is 0 Å². The van der Waals surface area contributed by atoms with Crippen LogP contribution in [0.1, 0.15) is 0 Å². The van der Waals surface area contributed by atoms with E-state index in [0.717, 1.165) is 5.03 Å². The largest absolute Gasteiger partial charge is 0.357 e. The van der Waals surface area contributed by atoms with E-state index in [2.05, 4.69) is 30.8 Å². The molecule has 0 aliphatic heterocycles. The zero-order valence-corrected chi connectivity index (χ0v) is 9.06. The molecule has 0 bridgehead atoms. The zero-order chi connectivity index (χ0) is 10.7. The van der Waals surface area contributed by atoms with Gasteiger partial charge in [-0.15, -0.1) is 5.10 Å². The van der Waals surface area contributed by atoms with E-state index in [1.54, 1.807) is 31.0 Å². The third kappa shape index (κ3) is 2.21. The highest BCUT2D eigenvalue weighted by atomic mass is 32.2. The second kappa shape index (κ2) is 4.22. The Kier molecular flexibility index (Phi) is 2.77. The van der Waals surface area contributed by atoms with Crippen molar-refractivity contribution in [1.82, 2.24) is 30.2 Å². The number of aromatic nitrogens is 6. The summed E-state index contributed by atoms with van der Waals surface area (Å²) in [5, 5.41) is 15.5. The van der Waals surface area contributed by atoms with Crippen molar-refractivity contribution in [3.8, 4) is 0 Å². The predicted octanol–water partition coefficient (Wildman–Crippen LogP) is 0.193. The smallest absolute Gasteiger partial charge is 0.223 e. The summed E-state index contributed by atoms with van der Waals surface area (Å²) in [6.07, 6.45) is 1.69. The highest BCUT2D eigenvalue weighted by Gasteiger charge is 2.06. The standard InChI is InChI=1S/C7H9N7S/c1-8-6-9-4-3-5(10-6)15-7-11-12-13-14(7)2/h3-4H,1-2H3,(H,8,9,10). The SMILES string of the molecule is CNc1nccc(Sc2nnnn2C)n1. The Balaban J connectivity index is 2.21. The van der Waals surface area contributed by atoms with Crippen molar-refractivity contribution in [1.29, 1.82) is 0 Å². The number of nitrogens with zero attached hydrogens (tertiary/aromatic N) is 6. The minimum absolute atomic E-state index is 0.579. The van der Waals surface area contributed by atoms with Gasteiger partial charge in [0.1, 0.15) is 5.03 Å². The Morgan fingerprint density at radius 3 is 3.00 bits per heavy atom. The van der Waals surface area contributed by atoms with Crippen LogP contribution in [0.15, 0.2) is 22.4 Å². The Labute approximate surface area is 90.3 Å². The molecule has 0 aliphatic rings. The van der Waals surface area contributed by atoms with Gasteiger partial charge in [-0.25, -0.2) is 14.6 Å². The number of rotatable bonds is 3. The van der Waals surface area contributed by atoms with Gasteiger partial charge in [0.05, 0.1) is 0 Å². The first-order chi connectivity index (χ1) is 7.29. The minimum atomic E-state index is 0.579. The molecular weight excluding hydrogens is 214 g/mol. The van der Waals surface area contributed by atoms with Crippen LogP contribution in [0.2, 0.25) is 0 Å². The van der Waals surface area contributed by atoms with Crippen LogP contribution in [0.25, 0.3) is 0 Å². The molecule has 0 saturated carbocycles. The summed E-state index contributed by atoms with van der Waals surface area (Å²) in [6, 6.07) is 1.81. The lowest BCUT2D eigenvalue weighted by atomic mass is 10.7. The molecule has 2 heterocycles. The normalized spacial score (nSPS) is 10.3. The first-order valence-corrected chi connectivity index (χ1v) is 5.02. The molecule has 7 nitrogen and oxygen atoms in total. The lowest BCUT2D eigenvalue weighted by Gasteiger charge is -2.00. The van der Waals surface area contributed by atoms with E-state index in [1.807, 2.05) is 0 Å². The van der Waals surface area contributed by atoms with Gasteiger partial charge in [-0.3, -0.25) is 0 Å². The summed E-state index contributed by atoms with van der Waals surface area (Å²) < 4.78 is 1.59. The van der Waals surface area contributed by atoms with Crippen LogP contribution in [-0.4, -0.2) is 37.2 Å². The number of aryl methyl sites for hydroxylation is 1. The molecule has 0 saturated heterocycles. The third-order valence-corrected chi connectivity index (χ3v) is 2.60. The Hall–Kier alpha value is -1.70. The van der Waals surface area contributed by atoms with Gasteiger partial charge >= 0.3 is 0 Å². The van der Waals surface area contributed by atoms with Gasteiger partial charge in [0.2, 0.25) is 11.1 Å². The van der Waals surface area contributed by atoms with Crippen LogP contribution in [0.5, 0.6) is 0 Å². The van der Waals surface area contributed by atoms with Gasteiger partial charge in [0.15, 0.2) is 0 Å². The van der Waals surface area contributed by atoms with Crippen molar-refractivity contribution in [2.45, 2.75) is 10.2 Å². The predicted molar refractivity (Wildman–Crippen MR) is 54.5 cm³/mol. The number of hydrogen-bond donors (Lipinski definition) is 1. The fraction of sp³-hybridized carbons (Fsp3) is 0.286. The molecule has 0 fully saturated rings. The van der Waals surface area contributed by atoms with Crippen molar-refractivity contribution in [2.75, 3.05) is 12.4 Å². The molecule has 0 atom stereocenters. The number of tetrazole rings is 1. The fourth-order valence-electron chi connectivity index (χ4n) is 0.921. The maximum atomic E-state index is 4.24. The second-order valence-corrected chi connectivity index (χ2v) is 3.64. The van der Waals surface area contributed by atoms with Crippen LogP contribution in [0.4, 0.5) is 5.95 Å². The van der Waals surface area contributed by atoms with Gasteiger partial charge in [-0.1, -0.05) is 0 Å². The first-order valence-electron chi connectivity index (χ1n) is 4.20. The Morgan fingerprint density at radius 1 is 1.47 bits per heavy atom. The van der Waals surface area contributed by atoms with Gasteiger partial charge < -0.3 is 5.32 Å². The van der Waals surface area contributed by atoms with E-state index in [-0.39, 0.29) is 0 Å². The van der Waals surface area contributed by atoms with E-state index in [9.17, 15) is 0 Å². The van der Waals surface area contributed by atoms with Gasteiger partial charge in [-0.2, -0.15) is 0 Å². The molecule has 0 spiro atoms. The van der Waals surface area contributed by atoms with Crippen molar-refractivity contribution >= 4 is 17.7 Å². The summed E-state index contributed by atoms with van der Waals surface area (Å²) in [5.74, 6) is 0.579. The molecule has 2 aromatic rings. The Morgan fingerprint density at radius 2 is 2.33 bits per heavy atom. The summed E-state index contributed by atoms with van der Waals surface area (Å²) in [7, 11) is 3.55. The van der Waals surface area contributed by atoms with E-state index in [0.29, 0.717) is 11.1 Å². The van der Waals surface area contributed by atoms with Gasteiger partial charge in [-0.05, 0) is 28.3 Å². The average Bonchev–Trinajstić information content (AvgIpc) is 2.65. The first kappa shape index (κ1) is 9.84.